The zero-order chi connectivity index (χ0) is 20.2. The fourth-order valence-electron chi connectivity index (χ4n) is 1.80. The van der Waals surface area contributed by atoms with Gasteiger partial charge in [0.1, 0.15) is 5.75 Å². The SMILES string of the molecule is CCC(=O)NC(Nc1ccc(OC(F)(F)Cl)cc1)(C(=O)OC)C(F)(F)F. The van der Waals surface area contributed by atoms with Gasteiger partial charge in [-0.25, -0.2) is 4.79 Å². The smallest absolute Gasteiger partial charge is 0.466 e. The van der Waals surface area contributed by atoms with Gasteiger partial charge in [-0.3, -0.25) is 4.79 Å². The van der Waals surface area contributed by atoms with E-state index >= 15 is 0 Å². The fraction of sp³-hybridized carbons (Fsp3) is 0.429. The highest BCUT2D eigenvalue weighted by molar-refractivity contribution is 6.20. The van der Waals surface area contributed by atoms with E-state index in [9.17, 15) is 31.5 Å². The first kappa shape index (κ1) is 21.7. The molecular weight excluding hydrogens is 391 g/mol. The van der Waals surface area contributed by atoms with Crippen LogP contribution >= 0.6 is 11.6 Å². The van der Waals surface area contributed by atoms with E-state index in [2.05, 4.69) is 21.1 Å². The predicted molar refractivity (Wildman–Crippen MR) is 80.7 cm³/mol. The van der Waals surface area contributed by atoms with Crippen LogP contribution < -0.4 is 15.4 Å². The van der Waals surface area contributed by atoms with Crippen molar-refractivity contribution in [2.75, 3.05) is 12.4 Å². The summed E-state index contributed by atoms with van der Waals surface area (Å²) in [7, 11) is 0.710. The van der Waals surface area contributed by atoms with Crippen molar-refractivity contribution >= 4 is 29.2 Å². The number of halogens is 6. The lowest BCUT2D eigenvalue weighted by Gasteiger charge is -2.35. The van der Waals surface area contributed by atoms with Crippen LogP contribution in [0.3, 0.4) is 0 Å². The van der Waals surface area contributed by atoms with Gasteiger partial charge >= 0.3 is 23.4 Å². The van der Waals surface area contributed by atoms with Crippen molar-refractivity contribution in [2.24, 2.45) is 0 Å². The van der Waals surface area contributed by atoms with Crippen LogP contribution in [0, 0.1) is 0 Å². The summed E-state index contributed by atoms with van der Waals surface area (Å²) in [4.78, 5) is 23.3. The van der Waals surface area contributed by atoms with E-state index in [0.717, 1.165) is 24.3 Å². The van der Waals surface area contributed by atoms with Crippen LogP contribution in [0.15, 0.2) is 24.3 Å². The van der Waals surface area contributed by atoms with Gasteiger partial charge in [0.25, 0.3) is 0 Å². The Morgan fingerprint density at radius 3 is 2.04 bits per heavy atom. The Morgan fingerprint density at radius 2 is 1.65 bits per heavy atom. The van der Waals surface area contributed by atoms with E-state index in [1.165, 1.54) is 6.92 Å². The summed E-state index contributed by atoms with van der Waals surface area (Å²) in [5.41, 5.74) is -7.92. The van der Waals surface area contributed by atoms with Gasteiger partial charge in [-0.1, -0.05) is 6.92 Å². The van der Waals surface area contributed by atoms with Crippen LogP contribution in [0.4, 0.5) is 27.6 Å². The van der Waals surface area contributed by atoms with E-state index in [0.29, 0.717) is 7.11 Å². The second-order valence-electron chi connectivity index (χ2n) is 4.84. The average Bonchev–Trinajstić information content (AvgIpc) is 2.52. The molecule has 1 aromatic rings. The summed E-state index contributed by atoms with van der Waals surface area (Å²) in [6.45, 7) is 1.28. The summed E-state index contributed by atoms with van der Waals surface area (Å²) >= 11 is 4.58. The number of anilines is 1. The molecule has 0 aliphatic carbocycles. The first-order valence-electron chi connectivity index (χ1n) is 6.94. The molecule has 0 aliphatic heterocycles. The minimum Gasteiger partial charge on any atom is -0.466 e. The molecule has 1 atom stereocenters. The van der Waals surface area contributed by atoms with Crippen LogP contribution in [0.1, 0.15) is 13.3 Å². The Hall–Kier alpha value is -2.30. The normalized spacial score (nSPS) is 14.2. The van der Waals surface area contributed by atoms with Gasteiger partial charge in [0.05, 0.1) is 7.11 Å². The number of carbonyl (C=O) groups is 2. The number of ether oxygens (including phenoxy) is 2. The minimum absolute atomic E-state index is 0.339. The van der Waals surface area contributed by atoms with Crippen molar-refractivity contribution in [3.8, 4) is 5.75 Å². The van der Waals surface area contributed by atoms with Gasteiger partial charge in [0.2, 0.25) is 5.91 Å². The molecule has 1 aromatic carbocycles. The Morgan fingerprint density at radius 1 is 1.12 bits per heavy atom. The summed E-state index contributed by atoms with van der Waals surface area (Å²) < 4.78 is 74.0. The lowest BCUT2D eigenvalue weighted by molar-refractivity contribution is -0.206. The van der Waals surface area contributed by atoms with Gasteiger partial charge < -0.3 is 20.1 Å². The number of benzene rings is 1. The van der Waals surface area contributed by atoms with Gasteiger partial charge in [0, 0.05) is 23.7 Å². The molecule has 0 saturated carbocycles. The molecule has 6 nitrogen and oxygen atoms in total. The molecule has 0 bridgehead atoms. The molecule has 0 fully saturated rings. The summed E-state index contributed by atoms with van der Waals surface area (Å²) in [6, 6.07) is 3.61. The Balaban J connectivity index is 3.23. The number of amides is 1. The van der Waals surface area contributed by atoms with Crippen molar-refractivity contribution < 1.29 is 41.0 Å². The lowest BCUT2D eigenvalue weighted by atomic mass is 10.1. The number of nitrogens with one attached hydrogen (secondary N) is 2. The van der Waals surface area contributed by atoms with Crippen LogP contribution in [0.5, 0.6) is 5.75 Å². The molecule has 1 unspecified atom stereocenters. The lowest BCUT2D eigenvalue weighted by Crippen LogP contribution is -2.69. The predicted octanol–water partition coefficient (Wildman–Crippen LogP) is 3.22. The molecule has 26 heavy (non-hydrogen) atoms. The molecule has 0 spiro atoms. The fourth-order valence-corrected chi connectivity index (χ4v) is 1.89. The van der Waals surface area contributed by atoms with Crippen molar-refractivity contribution in [1.82, 2.24) is 5.32 Å². The number of methoxy groups -OCH3 is 1. The molecule has 0 heterocycles. The monoisotopic (exact) mass is 404 g/mol. The van der Waals surface area contributed by atoms with E-state index in [4.69, 9.17) is 0 Å². The third-order valence-electron chi connectivity index (χ3n) is 2.98. The zero-order valence-corrected chi connectivity index (χ0v) is 14.2. The van der Waals surface area contributed by atoms with E-state index < -0.39 is 35.0 Å². The maximum atomic E-state index is 13.6. The molecule has 0 saturated heterocycles. The van der Waals surface area contributed by atoms with E-state index in [-0.39, 0.29) is 12.1 Å². The standard InChI is InChI=1S/C14H14ClF5N2O4/c1-3-10(23)22-12(11(24)25-2,13(16,17)18)21-8-4-6-9(7-5-8)26-14(15,19)20/h4-7,21H,3H2,1-2H3,(H,22,23). The molecular formula is C14H14ClF5N2O4. The largest absolute Gasteiger partial charge is 0.487 e. The molecule has 12 heteroatoms. The van der Waals surface area contributed by atoms with Gasteiger partial charge in [-0.15, -0.1) is 8.78 Å². The van der Waals surface area contributed by atoms with Crippen molar-refractivity contribution in [1.29, 1.82) is 0 Å². The second kappa shape index (κ2) is 7.94. The Kier molecular flexibility index (Phi) is 6.64. The number of hydrogen-bond acceptors (Lipinski definition) is 5. The highest BCUT2D eigenvalue weighted by atomic mass is 35.5. The van der Waals surface area contributed by atoms with Crippen LogP contribution in [0.2, 0.25) is 0 Å². The second-order valence-corrected chi connectivity index (χ2v) is 5.28. The van der Waals surface area contributed by atoms with Crippen LogP contribution in [-0.4, -0.2) is 36.4 Å². The van der Waals surface area contributed by atoms with Crippen LogP contribution in [-0.2, 0) is 14.3 Å². The van der Waals surface area contributed by atoms with Gasteiger partial charge in [-0.05, 0) is 24.3 Å². The first-order valence-corrected chi connectivity index (χ1v) is 7.32. The molecule has 0 aromatic heterocycles. The molecule has 0 radical (unpaired) electrons. The summed E-state index contributed by atoms with van der Waals surface area (Å²) in [6.07, 6.45) is -5.63. The summed E-state index contributed by atoms with van der Waals surface area (Å²) in [5, 5.41) is 3.38. The third-order valence-corrected chi connectivity index (χ3v) is 3.06. The molecule has 2 N–H and O–H groups in total. The van der Waals surface area contributed by atoms with Gasteiger partial charge in [-0.2, -0.15) is 13.2 Å². The van der Waals surface area contributed by atoms with E-state index in [1.54, 1.807) is 5.32 Å². The van der Waals surface area contributed by atoms with Gasteiger partial charge in [0.15, 0.2) is 0 Å². The maximum absolute atomic E-state index is 13.6. The van der Waals surface area contributed by atoms with E-state index in [1.807, 2.05) is 5.32 Å². The van der Waals surface area contributed by atoms with Crippen molar-refractivity contribution in [3.05, 3.63) is 24.3 Å². The van der Waals surface area contributed by atoms with Crippen LogP contribution in [0.25, 0.3) is 0 Å². The molecule has 1 rings (SSSR count). The zero-order valence-electron chi connectivity index (χ0n) is 13.4. The number of carbonyl (C=O) groups excluding carboxylic acids is 2. The maximum Gasteiger partial charge on any atom is 0.487 e. The number of esters is 1. The Labute approximate surface area is 149 Å². The molecule has 1 amide bonds. The number of alkyl halides is 6. The number of rotatable bonds is 7. The summed E-state index contributed by atoms with van der Waals surface area (Å²) in [5.74, 6) is -3.34. The Bertz CT molecular complexity index is 648. The molecule has 0 aliphatic rings. The third kappa shape index (κ3) is 5.35. The first-order chi connectivity index (χ1) is 11.8. The minimum atomic E-state index is -5.29. The quantitative estimate of drug-likeness (QED) is 0.316. The topological polar surface area (TPSA) is 76.7 Å². The molecule has 146 valence electrons. The highest BCUT2D eigenvalue weighted by Crippen LogP contribution is 2.34. The van der Waals surface area contributed by atoms with Crippen molar-refractivity contribution in [3.63, 3.8) is 0 Å². The number of hydrogen-bond donors (Lipinski definition) is 2. The van der Waals surface area contributed by atoms with Crippen molar-refractivity contribution in [2.45, 2.75) is 30.8 Å². The average molecular weight is 405 g/mol. The highest BCUT2D eigenvalue weighted by Gasteiger charge is 2.63.